The highest BCUT2D eigenvalue weighted by Crippen LogP contribution is 2.29. The summed E-state index contributed by atoms with van der Waals surface area (Å²) in [6, 6.07) is 1.29. The Labute approximate surface area is 85.5 Å². The van der Waals surface area contributed by atoms with Crippen LogP contribution < -0.4 is 5.32 Å². The van der Waals surface area contributed by atoms with Gasteiger partial charge in [0, 0.05) is 24.5 Å². The number of rotatable bonds is 4. The van der Waals surface area contributed by atoms with Crippen molar-refractivity contribution in [2.24, 2.45) is 0 Å². The Morgan fingerprint density at radius 3 is 3.14 bits per heavy atom. The summed E-state index contributed by atoms with van der Waals surface area (Å²) in [5.74, 6) is 0. The van der Waals surface area contributed by atoms with Gasteiger partial charge in [0.25, 0.3) is 0 Å². The highest BCUT2D eigenvalue weighted by Gasteiger charge is 2.27. The monoisotopic (exact) mass is 193 g/mol. The topological polar surface area (TPSA) is 29.9 Å². The molecule has 1 aliphatic rings. The minimum absolute atomic E-state index is 0.629. The van der Waals surface area contributed by atoms with E-state index in [2.05, 4.69) is 28.0 Å². The molecule has 0 saturated heterocycles. The molecule has 14 heavy (non-hydrogen) atoms. The molecule has 0 bridgehead atoms. The summed E-state index contributed by atoms with van der Waals surface area (Å²) in [6.07, 6.45) is 11.0. The fourth-order valence-electron chi connectivity index (χ4n) is 2.33. The van der Waals surface area contributed by atoms with Crippen LogP contribution in [0.25, 0.3) is 0 Å². The fourth-order valence-corrected chi connectivity index (χ4v) is 2.33. The second kappa shape index (κ2) is 4.60. The number of nitrogens with zero attached hydrogens (tertiary/aromatic N) is 2. The first kappa shape index (κ1) is 9.71. The molecular formula is C11H19N3. The molecule has 2 rings (SSSR count). The molecule has 1 fully saturated rings. The highest BCUT2D eigenvalue weighted by molar-refractivity contribution is 4.91. The molecule has 1 N–H and O–H groups in total. The normalized spacial score (nSPS) is 26.9. The zero-order valence-electron chi connectivity index (χ0n) is 8.82. The van der Waals surface area contributed by atoms with Gasteiger partial charge >= 0.3 is 0 Å². The van der Waals surface area contributed by atoms with E-state index in [4.69, 9.17) is 0 Å². The SMILES string of the molecule is CCCN[C@H]1CCC[C@H]1n1ccnc1. The lowest BCUT2D eigenvalue weighted by molar-refractivity contribution is 0.392. The average Bonchev–Trinajstić information content (AvgIpc) is 2.84. The lowest BCUT2D eigenvalue weighted by Gasteiger charge is -2.21. The Morgan fingerprint density at radius 1 is 1.50 bits per heavy atom. The molecular weight excluding hydrogens is 174 g/mol. The standard InChI is InChI=1S/C11H19N3/c1-2-6-13-10-4-3-5-11(10)14-8-7-12-9-14/h7-11,13H,2-6H2,1H3/t10-,11+/m0/s1. The first-order valence-corrected chi connectivity index (χ1v) is 5.62. The van der Waals surface area contributed by atoms with Crippen molar-refractivity contribution in [3.8, 4) is 0 Å². The lowest BCUT2D eigenvalue weighted by atomic mass is 10.1. The van der Waals surface area contributed by atoms with Gasteiger partial charge in [-0.15, -0.1) is 0 Å². The Kier molecular flexibility index (Phi) is 3.19. The van der Waals surface area contributed by atoms with Crippen molar-refractivity contribution in [1.82, 2.24) is 14.9 Å². The molecule has 2 atom stereocenters. The number of aromatic nitrogens is 2. The molecule has 0 amide bonds. The van der Waals surface area contributed by atoms with E-state index >= 15 is 0 Å². The summed E-state index contributed by atoms with van der Waals surface area (Å²) in [7, 11) is 0. The van der Waals surface area contributed by atoms with E-state index in [9.17, 15) is 0 Å². The zero-order chi connectivity index (χ0) is 9.80. The number of hydrogen-bond acceptors (Lipinski definition) is 2. The molecule has 3 heteroatoms. The van der Waals surface area contributed by atoms with E-state index < -0.39 is 0 Å². The maximum Gasteiger partial charge on any atom is 0.0949 e. The molecule has 1 saturated carbocycles. The molecule has 0 unspecified atom stereocenters. The summed E-state index contributed by atoms with van der Waals surface area (Å²) in [4.78, 5) is 4.12. The molecule has 1 aromatic rings. The third-order valence-corrected chi connectivity index (χ3v) is 3.04. The highest BCUT2D eigenvalue weighted by atomic mass is 15.1. The van der Waals surface area contributed by atoms with Crippen molar-refractivity contribution in [2.75, 3.05) is 6.54 Å². The lowest BCUT2D eigenvalue weighted by Crippen LogP contribution is -2.33. The second-order valence-electron chi connectivity index (χ2n) is 4.07. The molecule has 1 aliphatic carbocycles. The summed E-state index contributed by atoms with van der Waals surface area (Å²) >= 11 is 0. The predicted molar refractivity (Wildman–Crippen MR) is 57.2 cm³/mol. The van der Waals surface area contributed by atoms with Crippen LogP contribution >= 0.6 is 0 Å². The smallest absolute Gasteiger partial charge is 0.0949 e. The van der Waals surface area contributed by atoms with E-state index in [1.807, 2.05) is 12.5 Å². The largest absolute Gasteiger partial charge is 0.333 e. The zero-order valence-corrected chi connectivity index (χ0v) is 8.82. The molecule has 1 heterocycles. The number of nitrogens with one attached hydrogen (secondary N) is 1. The van der Waals surface area contributed by atoms with Crippen molar-refractivity contribution in [1.29, 1.82) is 0 Å². The van der Waals surface area contributed by atoms with Gasteiger partial charge in [0.05, 0.1) is 6.33 Å². The van der Waals surface area contributed by atoms with Gasteiger partial charge in [0.15, 0.2) is 0 Å². The van der Waals surface area contributed by atoms with E-state index in [1.165, 1.54) is 25.7 Å². The van der Waals surface area contributed by atoms with Crippen LogP contribution in [0.2, 0.25) is 0 Å². The van der Waals surface area contributed by atoms with Crippen LogP contribution in [0.4, 0.5) is 0 Å². The Bertz CT molecular complexity index is 256. The van der Waals surface area contributed by atoms with Gasteiger partial charge in [-0.1, -0.05) is 6.92 Å². The molecule has 0 radical (unpaired) electrons. The van der Waals surface area contributed by atoms with Gasteiger partial charge in [0.2, 0.25) is 0 Å². The van der Waals surface area contributed by atoms with Crippen molar-refractivity contribution in [2.45, 2.75) is 44.7 Å². The van der Waals surface area contributed by atoms with Crippen LogP contribution in [0.1, 0.15) is 38.6 Å². The van der Waals surface area contributed by atoms with E-state index in [-0.39, 0.29) is 0 Å². The van der Waals surface area contributed by atoms with Gasteiger partial charge in [-0.3, -0.25) is 0 Å². The van der Waals surface area contributed by atoms with E-state index in [0.29, 0.717) is 12.1 Å². The number of hydrogen-bond donors (Lipinski definition) is 1. The third kappa shape index (κ3) is 1.98. The van der Waals surface area contributed by atoms with Crippen molar-refractivity contribution < 1.29 is 0 Å². The third-order valence-electron chi connectivity index (χ3n) is 3.04. The van der Waals surface area contributed by atoms with E-state index in [1.54, 1.807) is 0 Å². The maximum absolute atomic E-state index is 4.12. The average molecular weight is 193 g/mol. The van der Waals surface area contributed by atoms with E-state index in [0.717, 1.165) is 6.54 Å². The van der Waals surface area contributed by atoms with Gasteiger partial charge in [-0.05, 0) is 32.2 Å². The molecule has 78 valence electrons. The molecule has 3 nitrogen and oxygen atoms in total. The maximum atomic E-state index is 4.12. The summed E-state index contributed by atoms with van der Waals surface area (Å²) in [5, 5.41) is 3.62. The summed E-state index contributed by atoms with van der Waals surface area (Å²) in [6.45, 7) is 3.35. The summed E-state index contributed by atoms with van der Waals surface area (Å²) in [5.41, 5.74) is 0. The second-order valence-corrected chi connectivity index (χ2v) is 4.07. The van der Waals surface area contributed by atoms with Crippen LogP contribution in [0.3, 0.4) is 0 Å². The molecule has 0 spiro atoms. The van der Waals surface area contributed by atoms with Crippen molar-refractivity contribution in [3.05, 3.63) is 18.7 Å². The van der Waals surface area contributed by atoms with Crippen molar-refractivity contribution in [3.63, 3.8) is 0 Å². The van der Waals surface area contributed by atoms with Gasteiger partial charge in [0.1, 0.15) is 0 Å². The first-order chi connectivity index (χ1) is 6.92. The van der Waals surface area contributed by atoms with Crippen LogP contribution in [0.5, 0.6) is 0 Å². The fraction of sp³-hybridized carbons (Fsp3) is 0.727. The molecule has 0 aromatic carbocycles. The first-order valence-electron chi connectivity index (χ1n) is 5.62. The molecule has 0 aliphatic heterocycles. The minimum Gasteiger partial charge on any atom is -0.333 e. The Morgan fingerprint density at radius 2 is 2.43 bits per heavy atom. The Hall–Kier alpha value is -0.830. The van der Waals surface area contributed by atoms with Gasteiger partial charge in [-0.2, -0.15) is 0 Å². The van der Waals surface area contributed by atoms with Crippen molar-refractivity contribution >= 4 is 0 Å². The van der Waals surface area contributed by atoms with Crippen LogP contribution in [-0.2, 0) is 0 Å². The Balaban J connectivity index is 1.97. The van der Waals surface area contributed by atoms with Gasteiger partial charge in [-0.25, -0.2) is 4.98 Å². The quantitative estimate of drug-likeness (QED) is 0.792. The van der Waals surface area contributed by atoms with Crippen LogP contribution in [-0.4, -0.2) is 22.1 Å². The minimum atomic E-state index is 0.629. The predicted octanol–water partition coefficient (Wildman–Crippen LogP) is 1.98. The summed E-state index contributed by atoms with van der Waals surface area (Å²) < 4.78 is 2.25. The van der Waals surface area contributed by atoms with Crippen LogP contribution in [0.15, 0.2) is 18.7 Å². The number of imidazole rings is 1. The molecule has 1 aromatic heterocycles. The van der Waals surface area contributed by atoms with Crippen LogP contribution in [0, 0.1) is 0 Å². The van der Waals surface area contributed by atoms with Gasteiger partial charge < -0.3 is 9.88 Å².